The number of nitrogens with zero attached hydrogens (tertiary/aromatic N) is 3. The summed E-state index contributed by atoms with van der Waals surface area (Å²) in [5.74, 6) is 1.92. The van der Waals surface area contributed by atoms with Crippen molar-refractivity contribution in [1.82, 2.24) is 10.2 Å². The zero-order valence-corrected chi connectivity index (χ0v) is 15.7. The molecule has 2 aromatic rings. The fourth-order valence-corrected chi connectivity index (χ4v) is 3.35. The van der Waals surface area contributed by atoms with E-state index in [-0.39, 0.29) is 0 Å². The molecule has 1 aliphatic heterocycles. The van der Waals surface area contributed by atoms with Crippen LogP contribution in [-0.2, 0) is 6.42 Å². The highest BCUT2D eigenvalue weighted by Crippen LogP contribution is 2.28. The maximum atomic E-state index is 5.50. The number of methoxy groups -OCH3 is 1. The molecule has 0 amide bonds. The number of rotatable bonds is 5. The molecule has 1 N–H and O–H groups in total. The second-order valence-electron chi connectivity index (χ2n) is 6.36. The number of aliphatic imine (C=N–C) groups is 1. The summed E-state index contributed by atoms with van der Waals surface area (Å²) >= 11 is 0. The zero-order chi connectivity index (χ0) is 18.2. The molecule has 138 valence electrons. The van der Waals surface area contributed by atoms with Crippen molar-refractivity contribution in [2.24, 2.45) is 4.99 Å². The number of benzene rings is 2. The molecule has 0 aliphatic carbocycles. The van der Waals surface area contributed by atoms with Crippen molar-refractivity contribution in [1.29, 1.82) is 0 Å². The van der Waals surface area contributed by atoms with Crippen LogP contribution in [0.3, 0.4) is 0 Å². The van der Waals surface area contributed by atoms with E-state index in [2.05, 4.69) is 62.6 Å². The molecule has 0 radical (unpaired) electrons. The first kappa shape index (κ1) is 18.1. The summed E-state index contributed by atoms with van der Waals surface area (Å²) in [5, 5.41) is 3.50. The van der Waals surface area contributed by atoms with Gasteiger partial charge in [0.1, 0.15) is 5.75 Å². The Labute approximate surface area is 156 Å². The van der Waals surface area contributed by atoms with E-state index in [9.17, 15) is 0 Å². The molecule has 26 heavy (non-hydrogen) atoms. The fraction of sp³-hybridized carbons (Fsp3) is 0.381. The van der Waals surface area contributed by atoms with Gasteiger partial charge in [-0.2, -0.15) is 0 Å². The standard InChI is InChI=1S/C21H28N4O/c1-22-21(23-13-12-18-8-4-3-5-9-18)25-16-14-24(15-17-25)19-10-6-7-11-20(19)26-2/h3-11H,12-17H2,1-2H3,(H,22,23). The third-order valence-electron chi connectivity index (χ3n) is 4.76. The first-order chi connectivity index (χ1) is 12.8. The van der Waals surface area contributed by atoms with Gasteiger partial charge in [0.15, 0.2) is 5.96 Å². The van der Waals surface area contributed by atoms with Gasteiger partial charge in [0.25, 0.3) is 0 Å². The van der Waals surface area contributed by atoms with Gasteiger partial charge < -0.3 is 19.9 Å². The van der Waals surface area contributed by atoms with E-state index in [1.807, 2.05) is 19.2 Å². The quantitative estimate of drug-likeness (QED) is 0.663. The van der Waals surface area contributed by atoms with Crippen LogP contribution in [0.4, 0.5) is 5.69 Å². The molecule has 0 bridgehead atoms. The molecular formula is C21H28N4O. The Morgan fingerprint density at radius 3 is 2.38 bits per heavy atom. The van der Waals surface area contributed by atoms with Gasteiger partial charge >= 0.3 is 0 Å². The molecule has 3 rings (SSSR count). The summed E-state index contributed by atoms with van der Waals surface area (Å²) in [6, 6.07) is 18.8. The molecule has 0 saturated carbocycles. The van der Waals surface area contributed by atoms with Crippen molar-refractivity contribution >= 4 is 11.6 Å². The van der Waals surface area contributed by atoms with E-state index in [4.69, 9.17) is 4.74 Å². The van der Waals surface area contributed by atoms with Crippen LogP contribution in [0.5, 0.6) is 5.75 Å². The highest BCUT2D eigenvalue weighted by Gasteiger charge is 2.21. The molecule has 1 fully saturated rings. The van der Waals surface area contributed by atoms with Crippen molar-refractivity contribution in [2.75, 3.05) is 51.8 Å². The SMILES string of the molecule is CN=C(NCCc1ccccc1)N1CCN(c2ccccc2OC)CC1. The minimum absolute atomic E-state index is 0.892. The maximum absolute atomic E-state index is 5.50. The molecule has 1 aliphatic rings. The predicted octanol–water partition coefficient (Wildman–Crippen LogP) is 2.64. The van der Waals surface area contributed by atoms with E-state index >= 15 is 0 Å². The van der Waals surface area contributed by atoms with Crippen LogP contribution in [0.25, 0.3) is 0 Å². The van der Waals surface area contributed by atoms with E-state index in [1.165, 1.54) is 11.3 Å². The Hall–Kier alpha value is -2.69. The number of hydrogen-bond donors (Lipinski definition) is 1. The molecular weight excluding hydrogens is 324 g/mol. The van der Waals surface area contributed by atoms with Gasteiger partial charge in [-0.25, -0.2) is 0 Å². The monoisotopic (exact) mass is 352 g/mol. The molecule has 2 aromatic carbocycles. The summed E-state index contributed by atoms with van der Waals surface area (Å²) in [4.78, 5) is 9.17. The van der Waals surface area contributed by atoms with Gasteiger partial charge in [-0.1, -0.05) is 42.5 Å². The van der Waals surface area contributed by atoms with E-state index in [0.717, 1.165) is 50.9 Å². The summed E-state index contributed by atoms with van der Waals surface area (Å²) in [7, 11) is 3.59. The van der Waals surface area contributed by atoms with Gasteiger partial charge in [0.05, 0.1) is 12.8 Å². The van der Waals surface area contributed by atoms with Crippen LogP contribution in [-0.4, -0.2) is 57.7 Å². The first-order valence-electron chi connectivity index (χ1n) is 9.19. The first-order valence-corrected chi connectivity index (χ1v) is 9.19. The van der Waals surface area contributed by atoms with Crippen LogP contribution in [0.15, 0.2) is 59.6 Å². The number of piperazine rings is 1. The van der Waals surface area contributed by atoms with Gasteiger partial charge in [0, 0.05) is 39.8 Å². The summed E-state index contributed by atoms with van der Waals surface area (Å²) < 4.78 is 5.50. The van der Waals surface area contributed by atoms with Crippen LogP contribution < -0.4 is 15.0 Å². The lowest BCUT2D eigenvalue weighted by atomic mass is 10.1. The fourth-order valence-electron chi connectivity index (χ4n) is 3.35. The molecule has 1 saturated heterocycles. The van der Waals surface area contributed by atoms with Gasteiger partial charge in [0.2, 0.25) is 0 Å². The molecule has 5 heteroatoms. The number of ether oxygens (including phenoxy) is 1. The normalized spacial score (nSPS) is 15.1. The average Bonchev–Trinajstić information content (AvgIpc) is 2.72. The van der Waals surface area contributed by atoms with Crippen molar-refractivity contribution in [3.05, 3.63) is 60.2 Å². The zero-order valence-electron chi connectivity index (χ0n) is 15.7. The van der Waals surface area contributed by atoms with Crippen molar-refractivity contribution in [2.45, 2.75) is 6.42 Å². The highest BCUT2D eigenvalue weighted by molar-refractivity contribution is 5.80. The smallest absolute Gasteiger partial charge is 0.193 e. The maximum Gasteiger partial charge on any atom is 0.193 e. The molecule has 0 spiro atoms. The van der Waals surface area contributed by atoms with Crippen LogP contribution in [0.2, 0.25) is 0 Å². The molecule has 0 atom stereocenters. The van der Waals surface area contributed by atoms with E-state index in [1.54, 1.807) is 7.11 Å². The van der Waals surface area contributed by atoms with Crippen molar-refractivity contribution < 1.29 is 4.74 Å². The minimum Gasteiger partial charge on any atom is -0.495 e. The van der Waals surface area contributed by atoms with E-state index in [0.29, 0.717) is 0 Å². The van der Waals surface area contributed by atoms with E-state index < -0.39 is 0 Å². The lowest BCUT2D eigenvalue weighted by molar-refractivity contribution is 0.367. The average molecular weight is 352 g/mol. The third kappa shape index (κ3) is 4.48. The third-order valence-corrected chi connectivity index (χ3v) is 4.76. The predicted molar refractivity (Wildman–Crippen MR) is 108 cm³/mol. The number of anilines is 1. The number of para-hydroxylation sites is 2. The van der Waals surface area contributed by atoms with Gasteiger partial charge in [-0.3, -0.25) is 4.99 Å². The topological polar surface area (TPSA) is 40.1 Å². The summed E-state index contributed by atoms with van der Waals surface area (Å²) in [6.45, 7) is 4.70. The number of hydrogen-bond acceptors (Lipinski definition) is 3. The van der Waals surface area contributed by atoms with Crippen LogP contribution >= 0.6 is 0 Å². The van der Waals surface area contributed by atoms with Crippen LogP contribution in [0.1, 0.15) is 5.56 Å². The Bertz CT molecular complexity index is 709. The summed E-state index contributed by atoms with van der Waals surface area (Å²) in [6.07, 6.45) is 1.00. The van der Waals surface area contributed by atoms with Crippen molar-refractivity contribution in [3.8, 4) is 5.75 Å². The number of guanidine groups is 1. The summed E-state index contributed by atoms with van der Waals surface area (Å²) in [5.41, 5.74) is 2.51. The minimum atomic E-state index is 0.892. The largest absolute Gasteiger partial charge is 0.495 e. The highest BCUT2D eigenvalue weighted by atomic mass is 16.5. The lowest BCUT2D eigenvalue weighted by Gasteiger charge is -2.38. The van der Waals surface area contributed by atoms with Crippen molar-refractivity contribution in [3.63, 3.8) is 0 Å². The van der Waals surface area contributed by atoms with Gasteiger partial charge in [-0.15, -0.1) is 0 Å². The van der Waals surface area contributed by atoms with Gasteiger partial charge in [-0.05, 0) is 24.1 Å². The van der Waals surface area contributed by atoms with Crippen LogP contribution in [0, 0.1) is 0 Å². The Morgan fingerprint density at radius 2 is 1.69 bits per heavy atom. The second kappa shape index (κ2) is 9.13. The Morgan fingerprint density at radius 1 is 1.00 bits per heavy atom. The second-order valence-corrected chi connectivity index (χ2v) is 6.36. The Balaban J connectivity index is 1.51. The Kier molecular flexibility index (Phi) is 6.36. The molecule has 0 unspecified atom stereocenters. The number of nitrogens with one attached hydrogen (secondary N) is 1. The molecule has 0 aromatic heterocycles. The lowest BCUT2D eigenvalue weighted by Crippen LogP contribution is -2.52. The molecule has 5 nitrogen and oxygen atoms in total. The molecule has 1 heterocycles.